The molecule has 1 aliphatic rings. The van der Waals surface area contributed by atoms with Crippen molar-refractivity contribution in [3.63, 3.8) is 0 Å². The van der Waals surface area contributed by atoms with Gasteiger partial charge in [-0.05, 0) is 7.05 Å². The molecule has 60 valence electrons. The Hall–Kier alpha value is -0.160. The van der Waals surface area contributed by atoms with E-state index in [1.54, 1.807) is 19.3 Å². The highest BCUT2D eigenvalue weighted by Crippen LogP contribution is 2.11. The van der Waals surface area contributed by atoms with Crippen LogP contribution in [-0.2, 0) is 9.57 Å². The van der Waals surface area contributed by atoms with Crippen LogP contribution in [0, 0.1) is 0 Å². The van der Waals surface area contributed by atoms with E-state index in [2.05, 4.69) is 4.90 Å². The average Bonchev–Trinajstić information content (AvgIpc) is 2.30. The van der Waals surface area contributed by atoms with Crippen LogP contribution in [0.25, 0.3) is 0 Å². The first kappa shape index (κ1) is 7.94. The molecule has 1 unspecified atom stereocenters. The largest absolute Gasteiger partial charge is 0.351 e. The Kier molecular flexibility index (Phi) is 2.62. The lowest BCUT2D eigenvalue weighted by Gasteiger charge is -2.23. The van der Waals surface area contributed by atoms with E-state index in [1.165, 1.54) is 0 Å². The summed E-state index contributed by atoms with van der Waals surface area (Å²) in [4.78, 5) is 7.14. The highest BCUT2D eigenvalue weighted by atomic mass is 16.7. The third-order valence-electron chi connectivity index (χ3n) is 1.74. The maximum atomic E-state index is 5.15. The number of rotatable bonds is 2. The van der Waals surface area contributed by atoms with Gasteiger partial charge in [-0.1, -0.05) is 0 Å². The third kappa shape index (κ3) is 1.29. The van der Waals surface area contributed by atoms with Gasteiger partial charge >= 0.3 is 0 Å². The van der Waals surface area contributed by atoms with Gasteiger partial charge in [0.15, 0.2) is 6.35 Å². The van der Waals surface area contributed by atoms with Crippen LogP contribution in [0.1, 0.15) is 0 Å². The molecule has 1 heterocycles. The summed E-state index contributed by atoms with van der Waals surface area (Å²) < 4.78 is 5.15. The second kappa shape index (κ2) is 3.30. The second-order valence-electron chi connectivity index (χ2n) is 2.37. The van der Waals surface area contributed by atoms with Gasteiger partial charge in [0.05, 0.1) is 7.11 Å². The first-order valence-corrected chi connectivity index (χ1v) is 3.33. The van der Waals surface area contributed by atoms with Crippen molar-refractivity contribution < 1.29 is 9.57 Å². The molecule has 0 aromatic rings. The summed E-state index contributed by atoms with van der Waals surface area (Å²) >= 11 is 0. The fourth-order valence-electron chi connectivity index (χ4n) is 1.18. The molecule has 4 heteroatoms. The van der Waals surface area contributed by atoms with Gasteiger partial charge in [0.1, 0.15) is 0 Å². The topological polar surface area (TPSA) is 24.9 Å². The Morgan fingerprint density at radius 3 is 2.40 bits per heavy atom. The zero-order valence-corrected chi connectivity index (χ0v) is 6.70. The molecule has 0 radical (unpaired) electrons. The van der Waals surface area contributed by atoms with Crippen molar-refractivity contribution in [2.45, 2.75) is 6.35 Å². The fraction of sp³-hybridized carbons (Fsp3) is 1.00. The molecule has 1 atom stereocenters. The zero-order valence-electron chi connectivity index (χ0n) is 6.70. The highest BCUT2D eigenvalue weighted by Gasteiger charge is 2.28. The number of nitrogens with zero attached hydrogens (tertiary/aromatic N) is 2. The van der Waals surface area contributed by atoms with Crippen molar-refractivity contribution in [3.8, 4) is 0 Å². The molecule has 0 N–H and O–H groups in total. The van der Waals surface area contributed by atoms with Gasteiger partial charge < -0.3 is 4.74 Å². The lowest BCUT2D eigenvalue weighted by atomic mass is 10.7. The van der Waals surface area contributed by atoms with E-state index in [1.807, 2.05) is 7.05 Å². The van der Waals surface area contributed by atoms with Crippen molar-refractivity contribution >= 4 is 0 Å². The fourth-order valence-corrected chi connectivity index (χ4v) is 1.18. The van der Waals surface area contributed by atoms with Crippen molar-refractivity contribution in [2.24, 2.45) is 0 Å². The quantitative estimate of drug-likeness (QED) is 0.535. The van der Waals surface area contributed by atoms with Crippen LogP contribution in [-0.4, -0.2) is 50.7 Å². The molecule has 1 rings (SSSR count). The first-order valence-electron chi connectivity index (χ1n) is 3.33. The molecule has 0 aromatic carbocycles. The summed E-state index contributed by atoms with van der Waals surface area (Å²) in [5.74, 6) is 0. The molecule has 0 bridgehead atoms. The molecule has 1 fully saturated rings. The predicted molar refractivity (Wildman–Crippen MR) is 37.1 cm³/mol. The van der Waals surface area contributed by atoms with Gasteiger partial charge in [0.2, 0.25) is 0 Å². The molecular formula is C6H14N2O2. The minimum atomic E-state index is -0.00926. The maximum absolute atomic E-state index is 5.15. The highest BCUT2D eigenvalue weighted by molar-refractivity contribution is 4.65. The number of hydrogen-bond donors (Lipinski definition) is 0. The molecule has 4 nitrogen and oxygen atoms in total. The van der Waals surface area contributed by atoms with Gasteiger partial charge in [-0.15, -0.1) is 5.06 Å². The Balaban J connectivity index is 2.45. The number of likely N-dealkylation sites (N-methyl/N-ethyl adjacent to an activating group) is 1. The van der Waals surface area contributed by atoms with Gasteiger partial charge in [-0.25, -0.2) is 0 Å². The molecule has 1 aliphatic heterocycles. The summed E-state index contributed by atoms with van der Waals surface area (Å²) in [6, 6.07) is 0. The average molecular weight is 146 g/mol. The summed E-state index contributed by atoms with van der Waals surface area (Å²) in [6.07, 6.45) is -0.00926. The standard InChI is InChI=1S/C6H14N2O2/c1-7-4-5-8(10-3)6(7)9-2/h6H,4-5H2,1-3H3. The van der Waals surface area contributed by atoms with Crippen molar-refractivity contribution in [1.82, 2.24) is 9.96 Å². The Morgan fingerprint density at radius 1 is 1.30 bits per heavy atom. The molecular weight excluding hydrogens is 132 g/mol. The number of hydroxylamine groups is 2. The minimum Gasteiger partial charge on any atom is -0.351 e. The maximum Gasteiger partial charge on any atom is 0.189 e. The molecule has 0 saturated carbocycles. The van der Waals surface area contributed by atoms with Crippen LogP contribution in [0.4, 0.5) is 0 Å². The molecule has 1 saturated heterocycles. The van der Waals surface area contributed by atoms with Crippen molar-refractivity contribution in [3.05, 3.63) is 0 Å². The van der Waals surface area contributed by atoms with E-state index in [0.717, 1.165) is 13.1 Å². The van der Waals surface area contributed by atoms with Crippen LogP contribution >= 0.6 is 0 Å². The number of methoxy groups -OCH3 is 1. The SMILES string of the molecule is COC1N(C)CCN1OC. The summed E-state index contributed by atoms with van der Waals surface area (Å²) in [5, 5.41) is 1.81. The predicted octanol–water partition coefficient (Wildman–Crippen LogP) is -0.275. The third-order valence-corrected chi connectivity index (χ3v) is 1.74. The monoisotopic (exact) mass is 146 g/mol. The van der Waals surface area contributed by atoms with E-state index in [4.69, 9.17) is 9.57 Å². The van der Waals surface area contributed by atoms with Gasteiger partial charge in [-0.2, -0.15) is 0 Å². The minimum absolute atomic E-state index is 0.00926. The van der Waals surface area contributed by atoms with E-state index >= 15 is 0 Å². The Morgan fingerprint density at radius 2 is 2.00 bits per heavy atom. The smallest absolute Gasteiger partial charge is 0.189 e. The van der Waals surface area contributed by atoms with Crippen LogP contribution in [0.15, 0.2) is 0 Å². The lowest BCUT2D eigenvalue weighted by molar-refractivity contribution is -0.236. The van der Waals surface area contributed by atoms with Crippen LogP contribution in [0.2, 0.25) is 0 Å². The molecule has 0 amide bonds. The van der Waals surface area contributed by atoms with Crippen LogP contribution < -0.4 is 0 Å². The summed E-state index contributed by atoms with van der Waals surface area (Å²) in [6.45, 7) is 1.90. The van der Waals surface area contributed by atoms with Crippen molar-refractivity contribution in [2.75, 3.05) is 34.4 Å². The molecule has 0 aromatic heterocycles. The first-order chi connectivity index (χ1) is 4.79. The van der Waals surface area contributed by atoms with E-state index in [9.17, 15) is 0 Å². The number of hydrogen-bond acceptors (Lipinski definition) is 4. The van der Waals surface area contributed by atoms with Crippen LogP contribution in [0.3, 0.4) is 0 Å². The Labute approximate surface area is 61.3 Å². The zero-order chi connectivity index (χ0) is 7.56. The second-order valence-corrected chi connectivity index (χ2v) is 2.37. The van der Waals surface area contributed by atoms with E-state index < -0.39 is 0 Å². The van der Waals surface area contributed by atoms with Gasteiger partial charge in [-0.3, -0.25) is 9.74 Å². The Bertz CT molecular complexity index is 110. The van der Waals surface area contributed by atoms with Gasteiger partial charge in [0, 0.05) is 20.2 Å². The normalized spacial score (nSPS) is 29.7. The van der Waals surface area contributed by atoms with Crippen LogP contribution in [0.5, 0.6) is 0 Å². The van der Waals surface area contributed by atoms with Crippen molar-refractivity contribution in [1.29, 1.82) is 0 Å². The summed E-state index contributed by atoms with van der Waals surface area (Å²) in [5.41, 5.74) is 0. The molecule has 0 aliphatic carbocycles. The molecule has 10 heavy (non-hydrogen) atoms. The lowest BCUT2D eigenvalue weighted by Crippen LogP contribution is -2.37. The number of ether oxygens (including phenoxy) is 1. The summed E-state index contributed by atoms with van der Waals surface area (Å²) in [7, 11) is 5.34. The molecule has 0 spiro atoms. The van der Waals surface area contributed by atoms with E-state index in [-0.39, 0.29) is 6.35 Å². The van der Waals surface area contributed by atoms with E-state index in [0.29, 0.717) is 0 Å². The van der Waals surface area contributed by atoms with Gasteiger partial charge in [0.25, 0.3) is 0 Å².